The van der Waals surface area contributed by atoms with E-state index in [4.69, 9.17) is 15.3 Å². The van der Waals surface area contributed by atoms with Crippen LogP contribution >= 0.6 is 0 Å². The van der Waals surface area contributed by atoms with Crippen LogP contribution in [-0.4, -0.2) is 19.3 Å². The number of anilines is 1. The van der Waals surface area contributed by atoms with E-state index in [-0.39, 0.29) is 6.10 Å². The van der Waals surface area contributed by atoms with Gasteiger partial charge in [-0.25, -0.2) is 0 Å². The molecule has 1 N–H and O–H groups in total. The largest absolute Gasteiger partial charge is 0.383 e. The second-order valence-electron chi connectivity index (χ2n) is 3.83. The summed E-state index contributed by atoms with van der Waals surface area (Å²) in [4.78, 5) is 0. The SMILES string of the molecule is CC(C)OCCNc1ccc(C#N)c(C#N)c1. The van der Waals surface area contributed by atoms with Crippen LogP contribution in [0.4, 0.5) is 5.69 Å². The van der Waals surface area contributed by atoms with Gasteiger partial charge in [-0.05, 0) is 32.0 Å². The highest BCUT2D eigenvalue weighted by Crippen LogP contribution is 2.14. The third-order valence-corrected chi connectivity index (χ3v) is 2.14. The minimum atomic E-state index is 0.215. The van der Waals surface area contributed by atoms with Crippen molar-refractivity contribution < 1.29 is 4.74 Å². The fraction of sp³-hybridized carbons (Fsp3) is 0.385. The van der Waals surface area contributed by atoms with Gasteiger partial charge in [0.25, 0.3) is 0 Å². The van der Waals surface area contributed by atoms with E-state index in [2.05, 4.69) is 5.32 Å². The van der Waals surface area contributed by atoms with Crippen molar-refractivity contribution in [2.45, 2.75) is 20.0 Å². The molecule has 17 heavy (non-hydrogen) atoms. The number of rotatable bonds is 5. The lowest BCUT2D eigenvalue weighted by Crippen LogP contribution is -2.13. The van der Waals surface area contributed by atoms with E-state index in [0.29, 0.717) is 24.3 Å². The molecule has 88 valence electrons. The fourth-order valence-electron chi connectivity index (χ4n) is 1.33. The number of nitrogens with zero attached hydrogens (tertiary/aromatic N) is 2. The average molecular weight is 229 g/mol. The Morgan fingerprint density at radius 2 is 1.94 bits per heavy atom. The molecule has 0 unspecified atom stereocenters. The first kappa shape index (κ1) is 13.0. The Labute approximate surface area is 101 Å². The summed E-state index contributed by atoms with van der Waals surface area (Å²) in [5.41, 5.74) is 1.62. The van der Waals surface area contributed by atoms with Crippen molar-refractivity contribution in [2.24, 2.45) is 0 Å². The van der Waals surface area contributed by atoms with E-state index in [1.165, 1.54) is 0 Å². The summed E-state index contributed by atoms with van der Waals surface area (Å²) in [6, 6.07) is 9.09. The molecule has 0 radical (unpaired) electrons. The molecule has 0 bridgehead atoms. The second kappa shape index (κ2) is 6.52. The molecular formula is C13H15N3O. The van der Waals surface area contributed by atoms with Gasteiger partial charge in [0.2, 0.25) is 0 Å². The molecule has 0 aliphatic rings. The van der Waals surface area contributed by atoms with Crippen LogP contribution in [0.1, 0.15) is 25.0 Å². The molecule has 0 atom stereocenters. The summed E-state index contributed by atoms with van der Waals surface area (Å²) < 4.78 is 5.39. The molecule has 1 aromatic carbocycles. The van der Waals surface area contributed by atoms with Gasteiger partial charge in [0, 0.05) is 12.2 Å². The molecule has 0 saturated carbocycles. The number of hydrogen-bond acceptors (Lipinski definition) is 4. The summed E-state index contributed by atoms with van der Waals surface area (Å²) >= 11 is 0. The Hall–Kier alpha value is -2.04. The summed E-state index contributed by atoms with van der Waals surface area (Å²) in [5, 5.41) is 20.8. The van der Waals surface area contributed by atoms with Crippen LogP contribution in [0.15, 0.2) is 18.2 Å². The average Bonchev–Trinajstić information content (AvgIpc) is 2.34. The lowest BCUT2D eigenvalue weighted by Gasteiger charge is -2.09. The van der Waals surface area contributed by atoms with Crippen LogP contribution in [-0.2, 0) is 4.74 Å². The minimum absolute atomic E-state index is 0.215. The highest BCUT2D eigenvalue weighted by molar-refractivity contribution is 5.56. The Morgan fingerprint density at radius 3 is 2.53 bits per heavy atom. The number of hydrogen-bond donors (Lipinski definition) is 1. The Morgan fingerprint density at radius 1 is 1.24 bits per heavy atom. The Balaban J connectivity index is 2.56. The molecule has 0 saturated heterocycles. The lowest BCUT2D eigenvalue weighted by atomic mass is 10.1. The summed E-state index contributed by atoms with van der Waals surface area (Å²) in [6.07, 6.45) is 0.215. The Kier molecular flexibility index (Phi) is 5.00. The molecule has 0 heterocycles. The second-order valence-corrected chi connectivity index (χ2v) is 3.83. The normalized spacial score (nSPS) is 9.71. The van der Waals surface area contributed by atoms with E-state index >= 15 is 0 Å². The molecule has 0 aliphatic carbocycles. The molecule has 4 nitrogen and oxygen atoms in total. The highest BCUT2D eigenvalue weighted by atomic mass is 16.5. The first-order chi connectivity index (χ1) is 8.17. The monoisotopic (exact) mass is 229 g/mol. The quantitative estimate of drug-likeness (QED) is 0.786. The van der Waals surface area contributed by atoms with Crippen molar-refractivity contribution in [1.29, 1.82) is 10.5 Å². The molecular weight excluding hydrogens is 214 g/mol. The zero-order valence-electron chi connectivity index (χ0n) is 10.0. The zero-order valence-corrected chi connectivity index (χ0v) is 10.0. The summed E-state index contributed by atoms with van der Waals surface area (Å²) in [5.74, 6) is 0. The smallest absolute Gasteiger partial charge is 0.101 e. The van der Waals surface area contributed by atoms with E-state index < -0.39 is 0 Å². The van der Waals surface area contributed by atoms with Crippen LogP contribution in [0.5, 0.6) is 0 Å². The van der Waals surface area contributed by atoms with E-state index in [0.717, 1.165) is 5.69 Å². The highest BCUT2D eigenvalue weighted by Gasteiger charge is 2.02. The van der Waals surface area contributed by atoms with Crippen LogP contribution in [0.2, 0.25) is 0 Å². The van der Waals surface area contributed by atoms with Crippen LogP contribution in [0.3, 0.4) is 0 Å². The summed E-state index contributed by atoms with van der Waals surface area (Å²) in [7, 11) is 0. The van der Waals surface area contributed by atoms with E-state index in [1.54, 1.807) is 18.2 Å². The van der Waals surface area contributed by atoms with E-state index in [9.17, 15) is 0 Å². The van der Waals surface area contributed by atoms with Gasteiger partial charge >= 0.3 is 0 Å². The van der Waals surface area contributed by atoms with Gasteiger partial charge in [0.15, 0.2) is 0 Å². The zero-order chi connectivity index (χ0) is 12.7. The predicted molar refractivity (Wildman–Crippen MR) is 65.4 cm³/mol. The Bertz CT molecular complexity index is 455. The van der Waals surface area contributed by atoms with Gasteiger partial charge in [-0.3, -0.25) is 0 Å². The van der Waals surface area contributed by atoms with Crippen molar-refractivity contribution in [3.8, 4) is 12.1 Å². The first-order valence-corrected chi connectivity index (χ1v) is 5.47. The third kappa shape index (κ3) is 4.14. The maximum atomic E-state index is 8.86. The molecule has 0 aliphatic heterocycles. The van der Waals surface area contributed by atoms with Gasteiger partial charge in [0.1, 0.15) is 12.1 Å². The topological polar surface area (TPSA) is 68.8 Å². The van der Waals surface area contributed by atoms with Crippen LogP contribution < -0.4 is 5.32 Å². The molecule has 0 spiro atoms. The molecule has 1 aromatic rings. The van der Waals surface area contributed by atoms with Gasteiger partial charge in [-0.1, -0.05) is 0 Å². The maximum absolute atomic E-state index is 8.86. The van der Waals surface area contributed by atoms with Gasteiger partial charge in [-0.2, -0.15) is 10.5 Å². The summed E-state index contributed by atoms with van der Waals surface area (Å²) in [6.45, 7) is 5.25. The van der Waals surface area contributed by atoms with Gasteiger partial charge in [0.05, 0.1) is 23.8 Å². The third-order valence-electron chi connectivity index (χ3n) is 2.14. The standard InChI is InChI=1S/C13H15N3O/c1-10(2)17-6-5-16-13-4-3-11(8-14)12(7-13)9-15/h3-4,7,10,16H,5-6H2,1-2H3. The molecule has 0 fully saturated rings. The van der Waals surface area contributed by atoms with Gasteiger partial charge < -0.3 is 10.1 Å². The minimum Gasteiger partial charge on any atom is -0.383 e. The van der Waals surface area contributed by atoms with Crippen LogP contribution in [0, 0.1) is 22.7 Å². The molecule has 4 heteroatoms. The number of ether oxygens (including phenoxy) is 1. The van der Waals surface area contributed by atoms with E-state index in [1.807, 2.05) is 26.0 Å². The van der Waals surface area contributed by atoms with Crippen molar-refractivity contribution in [2.75, 3.05) is 18.5 Å². The maximum Gasteiger partial charge on any atom is 0.101 e. The van der Waals surface area contributed by atoms with Crippen LogP contribution in [0.25, 0.3) is 0 Å². The number of benzene rings is 1. The number of nitrogens with one attached hydrogen (secondary N) is 1. The van der Waals surface area contributed by atoms with Gasteiger partial charge in [-0.15, -0.1) is 0 Å². The number of nitriles is 2. The van der Waals surface area contributed by atoms with Crippen molar-refractivity contribution >= 4 is 5.69 Å². The predicted octanol–water partition coefficient (Wildman–Crippen LogP) is 2.27. The van der Waals surface area contributed by atoms with Crippen molar-refractivity contribution in [1.82, 2.24) is 0 Å². The fourth-order valence-corrected chi connectivity index (χ4v) is 1.33. The van der Waals surface area contributed by atoms with Crippen molar-refractivity contribution in [3.63, 3.8) is 0 Å². The van der Waals surface area contributed by atoms with Crippen molar-refractivity contribution in [3.05, 3.63) is 29.3 Å². The molecule has 0 aromatic heterocycles. The molecule has 0 amide bonds. The first-order valence-electron chi connectivity index (χ1n) is 5.47. The molecule has 1 rings (SSSR count). The lowest BCUT2D eigenvalue weighted by molar-refractivity contribution is 0.0870.